The van der Waals surface area contributed by atoms with Crippen LogP contribution in [0.4, 0.5) is 4.39 Å². The number of rotatable bonds is 3. The minimum atomic E-state index is -0.255. The van der Waals surface area contributed by atoms with Crippen LogP contribution < -0.4 is 0 Å². The Morgan fingerprint density at radius 1 is 1.19 bits per heavy atom. The Morgan fingerprint density at radius 3 is 2.73 bits per heavy atom. The highest BCUT2D eigenvalue weighted by atomic mass is 32.1. The number of hydrogen-bond acceptors (Lipinski definition) is 3. The summed E-state index contributed by atoms with van der Waals surface area (Å²) >= 11 is 1.58. The van der Waals surface area contributed by atoms with E-state index in [0.717, 1.165) is 40.5 Å². The number of halogens is 1. The maximum atomic E-state index is 13.2. The first-order chi connectivity index (χ1) is 12.6. The maximum absolute atomic E-state index is 13.2. The van der Waals surface area contributed by atoms with Crippen LogP contribution in [0.5, 0.6) is 0 Å². The summed E-state index contributed by atoms with van der Waals surface area (Å²) in [6.45, 7) is 2.85. The Hall–Kier alpha value is -1.75. The molecule has 1 saturated carbocycles. The number of nitrogens with zero attached hydrogens (tertiary/aromatic N) is 2. The lowest BCUT2D eigenvalue weighted by molar-refractivity contribution is -0.136. The molecule has 4 rings (SSSR count). The lowest BCUT2D eigenvalue weighted by atomic mass is 9.78. The number of benzene rings is 1. The molecule has 2 heterocycles. The van der Waals surface area contributed by atoms with Gasteiger partial charge in [-0.3, -0.25) is 4.79 Å². The van der Waals surface area contributed by atoms with E-state index in [0.29, 0.717) is 18.4 Å². The van der Waals surface area contributed by atoms with Crippen LogP contribution in [0.1, 0.15) is 48.4 Å². The second-order valence-corrected chi connectivity index (χ2v) is 8.82. The van der Waals surface area contributed by atoms with Gasteiger partial charge in [-0.2, -0.15) is 0 Å². The minimum Gasteiger partial charge on any atom is -0.339 e. The van der Waals surface area contributed by atoms with Crippen molar-refractivity contribution in [2.24, 2.45) is 5.92 Å². The highest BCUT2D eigenvalue weighted by Gasteiger charge is 2.35. The minimum absolute atomic E-state index is 0.230. The predicted molar refractivity (Wildman–Crippen MR) is 103 cm³/mol. The van der Waals surface area contributed by atoms with Crippen molar-refractivity contribution in [1.29, 1.82) is 0 Å². The van der Waals surface area contributed by atoms with Crippen LogP contribution in [-0.2, 0) is 11.2 Å². The average Bonchev–Trinajstić information content (AvgIpc) is 3.02. The average molecular weight is 373 g/mol. The number of fused-ring (bicyclic) bond motifs is 1. The van der Waals surface area contributed by atoms with Crippen LogP contribution in [0, 0.1) is 18.7 Å². The Kier molecular flexibility index (Phi) is 5.07. The molecule has 2 fully saturated rings. The second-order valence-electron chi connectivity index (χ2n) is 7.53. The Bertz CT molecular complexity index is 784. The summed E-state index contributed by atoms with van der Waals surface area (Å²) in [5.74, 6) is 0.671. The van der Waals surface area contributed by atoms with Gasteiger partial charge in [0.2, 0.25) is 5.91 Å². The van der Waals surface area contributed by atoms with Gasteiger partial charge in [0, 0.05) is 23.0 Å². The second kappa shape index (κ2) is 7.47. The van der Waals surface area contributed by atoms with Crippen molar-refractivity contribution in [2.45, 2.75) is 57.9 Å². The van der Waals surface area contributed by atoms with E-state index < -0.39 is 0 Å². The van der Waals surface area contributed by atoms with E-state index in [9.17, 15) is 9.18 Å². The molecule has 1 aliphatic carbocycles. The van der Waals surface area contributed by atoms with Crippen molar-refractivity contribution in [3.8, 4) is 11.3 Å². The lowest BCUT2D eigenvalue weighted by Crippen LogP contribution is -2.50. The number of hydrogen-bond donors (Lipinski definition) is 0. The summed E-state index contributed by atoms with van der Waals surface area (Å²) in [6.07, 6.45) is 7.78. The van der Waals surface area contributed by atoms with Crippen LogP contribution in [-0.4, -0.2) is 28.4 Å². The maximum Gasteiger partial charge on any atom is 0.228 e. The van der Waals surface area contributed by atoms with Gasteiger partial charge in [-0.1, -0.05) is 12.8 Å². The van der Waals surface area contributed by atoms with E-state index in [1.54, 1.807) is 23.5 Å². The van der Waals surface area contributed by atoms with E-state index in [4.69, 9.17) is 0 Å². The quantitative estimate of drug-likeness (QED) is 0.761. The number of likely N-dealkylation sites (tertiary alicyclic amines) is 1. The van der Waals surface area contributed by atoms with E-state index in [1.165, 1.54) is 37.8 Å². The molecule has 3 nitrogen and oxygen atoms in total. The largest absolute Gasteiger partial charge is 0.339 e. The summed E-state index contributed by atoms with van der Waals surface area (Å²) in [4.78, 5) is 20.9. The summed E-state index contributed by atoms with van der Waals surface area (Å²) in [6, 6.07) is 6.83. The Labute approximate surface area is 158 Å². The number of aromatic nitrogens is 1. The topological polar surface area (TPSA) is 33.2 Å². The lowest BCUT2D eigenvalue weighted by Gasteiger charge is -2.44. The molecule has 2 aromatic rings. The van der Waals surface area contributed by atoms with E-state index >= 15 is 0 Å². The van der Waals surface area contributed by atoms with Crippen LogP contribution in [0.15, 0.2) is 24.3 Å². The molecule has 26 heavy (non-hydrogen) atoms. The SMILES string of the molecule is Cc1nc(-c2ccc(F)cc2)c(CC(=O)N2CCC[C@H]3CCCC[C@@H]32)s1. The first-order valence-electron chi connectivity index (χ1n) is 9.63. The zero-order chi connectivity index (χ0) is 18.1. The monoisotopic (exact) mass is 372 g/mol. The van der Waals surface area contributed by atoms with E-state index in [1.807, 2.05) is 6.92 Å². The van der Waals surface area contributed by atoms with Crippen LogP contribution in [0.3, 0.4) is 0 Å². The van der Waals surface area contributed by atoms with Gasteiger partial charge in [0.15, 0.2) is 0 Å². The summed E-state index contributed by atoms with van der Waals surface area (Å²) < 4.78 is 13.2. The number of carbonyl (C=O) groups is 1. The highest BCUT2D eigenvalue weighted by Crippen LogP contribution is 2.36. The Morgan fingerprint density at radius 2 is 1.92 bits per heavy atom. The van der Waals surface area contributed by atoms with Gasteiger partial charge >= 0.3 is 0 Å². The molecular formula is C21H25FN2OS. The number of thiazole rings is 1. The fourth-order valence-electron chi connectivity index (χ4n) is 4.60. The first kappa shape index (κ1) is 17.7. The van der Waals surface area contributed by atoms with Crippen molar-refractivity contribution < 1.29 is 9.18 Å². The van der Waals surface area contributed by atoms with Gasteiger partial charge in [0.1, 0.15) is 5.82 Å². The number of piperidine rings is 1. The normalized spacial score (nSPS) is 22.9. The van der Waals surface area contributed by atoms with E-state index in [2.05, 4.69) is 9.88 Å². The van der Waals surface area contributed by atoms with Crippen molar-refractivity contribution in [3.05, 3.63) is 40.0 Å². The van der Waals surface area contributed by atoms with Gasteiger partial charge in [-0.05, 0) is 62.8 Å². The molecule has 0 bridgehead atoms. The highest BCUT2D eigenvalue weighted by molar-refractivity contribution is 7.12. The number of aryl methyl sites for hydroxylation is 1. The molecule has 5 heteroatoms. The van der Waals surface area contributed by atoms with Crippen molar-refractivity contribution in [1.82, 2.24) is 9.88 Å². The smallest absolute Gasteiger partial charge is 0.228 e. The molecule has 1 aromatic heterocycles. The first-order valence-corrected chi connectivity index (χ1v) is 10.4. The van der Waals surface area contributed by atoms with Gasteiger partial charge in [-0.15, -0.1) is 11.3 Å². The third-order valence-electron chi connectivity index (χ3n) is 5.80. The molecule has 0 N–H and O–H groups in total. The molecular weight excluding hydrogens is 347 g/mol. The van der Waals surface area contributed by atoms with Gasteiger partial charge in [-0.25, -0.2) is 9.37 Å². The molecule has 2 atom stereocenters. The van der Waals surface area contributed by atoms with Crippen molar-refractivity contribution in [3.63, 3.8) is 0 Å². The van der Waals surface area contributed by atoms with Crippen LogP contribution >= 0.6 is 11.3 Å². The molecule has 0 radical (unpaired) electrons. The molecule has 0 unspecified atom stereocenters. The van der Waals surface area contributed by atoms with Crippen LogP contribution in [0.25, 0.3) is 11.3 Å². The molecule has 138 valence electrons. The fourth-order valence-corrected chi connectivity index (χ4v) is 5.55. The molecule has 1 saturated heterocycles. The zero-order valence-electron chi connectivity index (χ0n) is 15.2. The third-order valence-corrected chi connectivity index (χ3v) is 6.77. The van der Waals surface area contributed by atoms with Gasteiger partial charge < -0.3 is 4.90 Å². The molecule has 2 aliphatic rings. The fraction of sp³-hybridized carbons (Fsp3) is 0.524. The van der Waals surface area contributed by atoms with Crippen molar-refractivity contribution >= 4 is 17.2 Å². The van der Waals surface area contributed by atoms with Gasteiger partial charge in [0.05, 0.1) is 17.1 Å². The molecule has 1 amide bonds. The number of carbonyl (C=O) groups excluding carboxylic acids is 1. The molecule has 0 spiro atoms. The Balaban J connectivity index is 1.55. The zero-order valence-corrected chi connectivity index (χ0v) is 16.0. The van der Waals surface area contributed by atoms with Crippen LogP contribution in [0.2, 0.25) is 0 Å². The summed E-state index contributed by atoms with van der Waals surface area (Å²) in [7, 11) is 0. The van der Waals surface area contributed by atoms with E-state index in [-0.39, 0.29) is 11.7 Å². The standard InChI is InChI=1S/C21H25FN2OS/c1-14-23-21(16-8-10-17(22)11-9-16)19(26-14)13-20(25)24-12-4-6-15-5-2-3-7-18(15)24/h8-11,15,18H,2-7,12-13H2,1H3/t15-,18+/m1/s1. The molecule has 1 aromatic carbocycles. The summed E-state index contributed by atoms with van der Waals surface area (Å²) in [5, 5.41) is 0.946. The van der Waals surface area contributed by atoms with Crippen molar-refractivity contribution in [2.75, 3.05) is 6.54 Å². The molecule has 1 aliphatic heterocycles. The summed E-state index contributed by atoms with van der Waals surface area (Å²) in [5.41, 5.74) is 1.71. The number of amides is 1. The third kappa shape index (κ3) is 3.54. The predicted octanol–water partition coefficient (Wildman–Crippen LogP) is 4.98. The van der Waals surface area contributed by atoms with Gasteiger partial charge in [0.25, 0.3) is 0 Å².